The second-order valence-corrected chi connectivity index (χ2v) is 10.8. The lowest BCUT2D eigenvalue weighted by molar-refractivity contribution is -0.118. The zero-order valence-corrected chi connectivity index (χ0v) is 21.7. The molecule has 0 aromatic heterocycles. The number of Topliss-reactive ketones (excluding diaryl/α,β-unsaturated/α-hetero) is 1. The number of hydrogen-bond donors (Lipinski definition) is 1. The van der Waals surface area contributed by atoms with E-state index in [0.717, 1.165) is 45.2 Å². The summed E-state index contributed by atoms with van der Waals surface area (Å²) in [6.07, 6.45) is 1.31. The Kier molecular flexibility index (Phi) is 5.79. The number of methoxy groups -OCH3 is 1. The van der Waals surface area contributed by atoms with Crippen LogP contribution in [0.1, 0.15) is 54.2 Å². The summed E-state index contributed by atoms with van der Waals surface area (Å²) in [5.41, 5.74) is 5.26. The molecular weight excluding hydrogens is 474 g/mol. The van der Waals surface area contributed by atoms with Crippen molar-refractivity contribution >= 4 is 33.8 Å². The maximum atomic E-state index is 13.7. The fourth-order valence-electron chi connectivity index (χ4n) is 5.77. The van der Waals surface area contributed by atoms with Gasteiger partial charge in [0.15, 0.2) is 17.3 Å². The van der Waals surface area contributed by atoms with Crippen LogP contribution in [0.15, 0.2) is 90.5 Å². The number of rotatable bonds is 4. The summed E-state index contributed by atoms with van der Waals surface area (Å²) in [6, 6.07) is 26.6. The van der Waals surface area contributed by atoms with Gasteiger partial charge in [-0.2, -0.15) is 0 Å². The van der Waals surface area contributed by atoms with Crippen LogP contribution in [0.25, 0.3) is 16.3 Å². The van der Waals surface area contributed by atoms with Gasteiger partial charge in [0.2, 0.25) is 0 Å². The molecule has 0 bridgehead atoms. The predicted octanol–water partition coefficient (Wildman–Crippen LogP) is 7.38. The molecule has 38 heavy (non-hydrogen) atoms. The normalized spacial score (nSPS) is 17.9. The summed E-state index contributed by atoms with van der Waals surface area (Å²) in [5, 5.41) is 5.96. The Morgan fingerprint density at radius 3 is 2.45 bits per heavy atom. The van der Waals surface area contributed by atoms with Crippen LogP contribution in [0, 0.1) is 5.41 Å². The van der Waals surface area contributed by atoms with Crippen molar-refractivity contribution in [1.82, 2.24) is 0 Å². The molecule has 1 N–H and O–H groups in total. The number of nitrogens with one attached hydrogen (secondary N) is 1. The van der Waals surface area contributed by atoms with Gasteiger partial charge in [-0.25, -0.2) is 4.79 Å². The number of ketones is 1. The van der Waals surface area contributed by atoms with E-state index in [2.05, 4.69) is 43.4 Å². The lowest BCUT2D eigenvalue weighted by Crippen LogP contribution is -2.33. The molecule has 1 aliphatic heterocycles. The van der Waals surface area contributed by atoms with E-state index < -0.39 is 5.97 Å². The number of carbonyl (C=O) groups is 2. The molecule has 1 heterocycles. The lowest BCUT2D eigenvalue weighted by Gasteiger charge is -2.40. The van der Waals surface area contributed by atoms with Gasteiger partial charge in [0, 0.05) is 23.2 Å². The zero-order chi connectivity index (χ0) is 26.4. The molecule has 6 rings (SSSR count). The van der Waals surface area contributed by atoms with Gasteiger partial charge >= 0.3 is 5.97 Å². The van der Waals surface area contributed by atoms with Crippen molar-refractivity contribution in [3.8, 4) is 11.5 Å². The van der Waals surface area contributed by atoms with Crippen molar-refractivity contribution < 1.29 is 19.1 Å². The van der Waals surface area contributed by atoms with Gasteiger partial charge in [0.25, 0.3) is 0 Å². The summed E-state index contributed by atoms with van der Waals surface area (Å²) in [4.78, 5) is 26.4. The largest absolute Gasteiger partial charge is 0.493 e. The van der Waals surface area contributed by atoms with Crippen LogP contribution in [-0.2, 0) is 4.79 Å². The quantitative estimate of drug-likeness (QED) is 0.233. The number of benzene rings is 4. The van der Waals surface area contributed by atoms with E-state index in [4.69, 9.17) is 9.47 Å². The van der Waals surface area contributed by atoms with Crippen LogP contribution in [-0.4, -0.2) is 18.9 Å². The number of fused-ring (bicyclic) bond motifs is 4. The highest BCUT2D eigenvalue weighted by Crippen LogP contribution is 2.52. The van der Waals surface area contributed by atoms with Gasteiger partial charge < -0.3 is 14.8 Å². The molecule has 190 valence electrons. The average Bonchev–Trinajstić information content (AvgIpc) is 2.92. The van der Waals surface area contributed by atoms with Gasteiger partial charge in [0.1, 0.15) is 0 Å². The van der Waals surface area contributed by atoms with Crippen molar-refractivity contribution in [3.63, 3.8) is 0 Å². The molecule has 1 atom stereocenters. The van der Waals surface area contributed by atoms with Crippen LogP contribution < -0.4 is 14.8 Å². The van der Waals surface area contributed by atoms with E-state index in [0.29, 0.717) is 23.5 Å². The number of ether oxygens (including phenoxy) is 2. The van der Waals surface area contributed by atoms with E-state index in [9.17, 15) is 9.59 Å². The molecule has 4 aromatic rings. The first-order chi connectivity index (χ1) is 18.3. The standard InChI is InChI=1S/C33H29NO4/c1-33(2)18-24-29-23-12-8-7-9-20(23)13-15-25(29)34-31(30(24)26(35)19-33)22-14-16-27(28(17-22)37-3)38-32(36)21-10-5-4-6-11-21/h4-17,31,34H,18-19H2,1-3H3. The topological polar surface area (TPSA) is 64.6 Å². The number of anilines is 1. The van der Waals surface area contributed by atoms with Crippen molar-refractivity contribution in [1.29, 1.82) is 0 Å². The molecule has 2 aliphatic rings. The minimum Gasteiger partial charge on any atom is -0.493 e. The van der Waals surface area contributed by atoms with E-state index in [1.807, 2.05) is 30.3 Å². The van der Waals surface area contributed by atoms with Crippen molar-refractivity contribution in [2.24, 2.45) is 5.41 Å². The van der Waals surface area contributed by atoms with Crippen LogP contribution in [0.4, 0.5) is 5.69 Å². The second-order valence-electron chi connectivity index (χ2n) is 10.8. The van der Waals surface area contributed by atoms with Crippen LogP contribution in [0.2, 0.25) is 0 Å². The van der Waals surface area contributed by atoms with Gasteiger partial charge in [-0.15, -0.1) is 0 Å². The first kappa shape index (κ1) is 24.0. The number of carbonyl (C=O) groups excluding carboxylic acids is 2. The molecule has 4 aromatic carbocycles. The minimum absolute atomic E-state index is 0.126. The van der Waals surface area contributed by atoms with Crippen LogP contribution >= 0.6 is 0 Å². The van der Waals surface area contributed by atoms with Gasteiger partial charge in [-0.1, -0.05) is 68.4 Å². The molecule has 0 fully saturated rings. The average molecular weight is 504 g/mol. The highest BCUT2D eigenvalue weighted by molar-refractivity contribution is 6.12. The fourth-order valence-corrected chi connectivity index (χ4v) is 5.77. The van der Waals surface area contributed by atoms with E-state index >= 15 is 0 Å². The van der Waals surface area contributed by atoms with Crippen molar-refractivity contribution in [2.45, 2.75) is 32.7 Å². The third-order valence-corrected chi connectivity index (χ3v) is 7.47. The maximum absolute atomic E-state index is 13.7. The third-order valence-electron chi connectivity index (χ3n) is 7.47. The van der Waals surface area contributed by atoms with E-state index in [-0.39, 0.29) is 17.2 Å². The van der Waals surface area contributed by atoms with Crippen molar-refractivity contribution in [3.05, 3.63) is 107 Å². The summed E-state index contributed by atoms with van der Waals surface area (Å²) < 4.78 is 11.3. The van der Waals surface area contributed by atoms with Crippen LogP contribution in [0.3, 0.4) is 0 Å². The first-order valence-corrected chi connectivity index (χ1v) is 12.8. The van der Waals surface area contributed by atoms with Gasteiger partial charge in [-0.05, 0) is 64.1 Å². The molecule has 0 radical (unpaired) electrons. The molecule has 0 saturated carbocycles. The van der Waals surface area contributed by atoms with Gasteiger partial charge in [0.05, 0.1) is 18.7 Å². The maximum Gasteiger partial charge on any atom is 0.343 e. The molecular formula is C33H29NO4. The first-order valence-electron chi connectivity index (χ1n) is 12.8. The number of allylic oxidation sites excluding steroid dienone is 1. The summed E-state index contributed by atoms with van der Waals surface area (Å²) in [5.74, 6) is 0.468. The molecule has 0 amide bonds. The molecule has 0 spiro atoms. The Hall–Kier alpha value is -4.38. The Bertz CT molecular complexity index is 1620. The summed E-state index contributed by atoms with van der Waals surface area (Å²) >= 11 is 0. The van der Waals surface area contributed by atoms with Crippen molar-refractivity contribution in [2.75, 3.05) is 12.4 Å². The summed E-state index contributed by atoms with van der Waals surface area (Å²) in [6.45, 7) is 4.32. The Balaban J connectivity index is 1.44. The number of esters is 1. The second kappa shape index (κ2) is 9.18. The van der Waals surface area contributed by atoms with E-state index in [1.165, 1.54) is 0 Å². The SMILES string of the molecule is COc1cc(C2Nc3ccc4ccccc4c3C3=C2C(=O)CC(C)(C)C3)ccc1OC(=O)c1ccccc1. The molecule has 1 unspecified atom stereocenters. The lowest BCUT2D eigenvalue weighted by atomic mass is 9.68. The summed E-state index contributed by atoms with van der Waals surface area (Å²) in [7, 11) is 1.55. The highest BCUT2D eigenvalue weighted by Gasteiger charge is 2.41. The van der Waals surface area contributed by atoms with Crippen LogP contribution in [0.5, 0.6) is 11.5 Å². The smallest absolute Gasteiger partial charge is 0.343 e. The number of hydrogen-bond acceptors (Lipinski definition) is 5. The molecule has 5 nitrogen and oxygen atoms in total. The fraction of sp³-hybridized carbons (Fsp3) is 0.212. The van der Waals surface area contributed by atoms with Gasteiger partial charge in [-0.3, -0.25) is 4.79 Å². The van der Waals surface area contributed by atoms with E-state index in [1.54, 1.807) is 37.4 Å². The molecule has 0 saturated heterocycles. The molecule has 1 aliphatic carbocycles. The zero-order valence-electron chi connectivity index (χ0n) is 21.7. The third kappa shape index (κ3) is 4.14. The Morgan fingerprint density at radius 2 is 1.66 bits per heavy atom. The molecule has 5 heteroatoms. The monoisotopic (exact) mass is 503 g/mol. The predicted molar refractivity (Wildman–Crippen MR) is 150 cm³/mol. The minimum atomic E-state index is -0.456. The Morgan fingerprint density at radius 1 is 0.895 bits per heavy atom. The highest BCUT2D eigenvalue weighted by atomic mass is 16.6. The Labute approximate surface area is 222 Å².